The second-order valence-electron chi connectivity index (χ2n) is 7.63. The first-order chi connectivity index (χ1) is 13.5. The lowest BCUT2D eigenvalue weighted by atomic mass is 9.81. The largest absolute Gasteiger partial charge is 0.481 e. The fourth-order valence-electron chi connectivity index (χ4n) is 3.89. The molecule has 146 valence electrons. The van der Waals surface area contributed by atoms with E-state index in [2.05, 4.69) is 30.8 Å². The van der Waals surface area contributed by atoms with Crippen molar-refractivity contribution < 1.29 is 19.4 Å². The third-order valence-corrected chi connectivity index (χ3v) is 5.56. The van der Waals surface area contributed by atoms with Crippen molar-refractivity contribution in [1.29, 1.82) is 0 Å². The molecule has 0 spiro atoms. The lowest BCUT2D eigenvalue weighted by Crippen LogP contribution is -2.31. The lowest BCUT2D eigenvalue weighted by molar-refractivity contribution is -0.158. The zero-order valence-electron chi connectivity index (χ0n) is 16.2. The Morgan fingerprint density at radius 2 is 1.68 bits per heavy atom. The van der Waals surface area contributed by atoms with E-state index >= 15 is 0 Å². The van der Waals surface area contributed by atoms with Crippen LogP contribution in [0.15, 0.2) is 61.2 Å². The van der Waals surface area contributed by atoms with Gasteiger partial charge in [-0.1, -0.05) is 54.6 Å². The van der Waals surface area contributed by atoms with Crippen LogP contribution in [0.1, 0.15) is 49.7 Å². The number of fused-ring (bicyclic) bond motifs is 3. The summed E-state index contributed by atoms with van der Waals surface area (Å²) in [6.45, 7) is 5.49. The van der Waals surface area contributed by atoms with Crippen LogP contribution in [0, 0.1) is 5.41 Å². The van der Waals surface area contributed by atoms with Gasteiger partial charge < -0.3 is 9.84 Å². The third kappa shape index (κ3) is 4.01. The number of unbranched alkanes of at least 4 members (excludes halogenated alkanes) is 1. The summed E-state index contributed by atoms with van der Waals surface area (Å²) >= 11 is 0. The maximum atomic E-state index is 12.5. The van der Waals surface area contributed by atoms with E-state index in [1.165, 1.54) is 11.1 Å². The fourth-order valence-corrected chi connectivity index (χ4v) is 3.89. The second kappa shape index (κ2) is 8.42. The number of carboxylic acids is 1. The number of rotatable bonds is 9. The molecule has 28 heavy (non-hydrogen) atoms. The van der Waals surface area contributed by atoms with Crippen molar-refractivity contribution in [3.63, 3.8) is 0 Å². The van der Waals surface area contributed by atoms with Crippen LogP contribution in [-0.2, 0) is 14.3 Å². The molecule has 0 fully saturated rings. The number of hydrogen-bond acceptors (Lipinski definition) is 3. The van der Waals surface area contributed by atoms with Gasteiger partial charge >= 0.3 is 11.9 Å². The molecule has 0 heterocycles. The molecule has 0 amide bonds. The topological polar surface area (TPSA) is 63.6 Å². The molecule has 0 saturated carbocycles. The molecule has 3 rings (SSSR count). The zero-order chi connectivity index (χ0) is 20.1. The molecule has 0 unspecified atom stereocenters. The molecule has 4 nitrogen and oxygen atoms in total. The predicted molar refractivity (Wildman–Crippen MR) is 109 cm³/mol. The van der Waals surface area contributed by atoms with Crippen molar-refractivity contribution in [1.82, 2.24) is 0 Å². The van der Waals surface area contributed by atoms with Crippen LogP contribution in [0.3, 0.4) is 0 Å². The average molecular weight is 378 g/mol. The van der Waals surface area contributed by atoms with Crippen molar-refractivity contribution in [2.24, 2.45) is 5.41 Å². The highest BCUT2D eigenvalue weighted by Crippen LogP contribution is 2.44. The summed E-state index contributed by atoms with van der Waals surface area (Å²) in [5, 5.41) is 9.59. The van der Waals surface area contributed by atoms with Crippen LogP contribution >= 0.6 is 0 Å². The van der Waals surface area contributed by atoms with Crippen molar-refractivity contribution in [3.8, 4) is 11.1 Å². The minimum absolute atomic E-state index is 0.0202. The van der Waals surface area contributed by atoms with Crippen LogP contribution in [0.4, 0.5) is 0 Å². The summed E-state index contributed by atoms with van der Waals surface area (Å²) in [6.07, 6.45) is 3.46. The van der Waals surface area contributed by atoms with Gasteiger partial charge in [-0.15, -0.1) is 6.58 Å². The Labute approximate surface area is 165 Å². The Morgan fingerprint density at radius 1 is 1.11 bits per heavy atom. The zero-order valence-corrected chi connectivity index (χ0v) is 16.2. The number of aliphatic carboxylic acids is 1. The van der Waals surface area contributed by atoms with Crippen LogP contribution in [0.25, 0.3) is 11.1 Å². The number of carbonyl (C=O) groups excluding carboxylic acids is 1. The van der Waals surface area contributed by atoms with Gasteiger partial charge in [0.15, 0.2) is 0 Å². The van der Waals surface area contributed by atoms with Gasteiger partial charge in [0.2, 0.25) is 0 Å². The molecule has 1 N–H and O–H groups in total. The highest BCUT2D eigenvalue weighted by Gasteiger charge is 2.36. The highest BCUT2D eigenvalue weighted by molar-refractivity contribution is 5.82. The molecule has 0 saturated heterocycles. The van der Waals surface area contributed by atoms with E-state index in [1.807, 2.05) is 24.3 Å². The van der Waals surface area contributed by atoms with Gasteiger partial charge in [0.05, 0.1) is 11.8 Å². The molecule has 0 bridgehead atoms. The molecular formula is C24H26O4. The SMILES string of the molecule is C=CCCC[C@](C)(CC(=O)OCC1c2ccccc2-c2ccccc21)C(=O)O. The summed E-state index contributed by atoms with van der Waals surface area (Å²) < 4.78 is 5.57. The first kappa shape index (κ1) is 19.9. The summed E-state index contributed by atoms with van der Waals surface area (Å²) in [5.74, 6) is -1.45. The van der Waals surface area contributed by atoms with Gasteiger partial charge in [-0.05, 0) is 48.4 Å². The third-order valence-electron chi connectivity index (χ3n) is 5.56. The standard InChI is InChI=1S/C24H26O4/c1-3-4-9-14-24(2,23(26)27)15-22(25)28-16-21-19-12-7-5-10-17(19)18-11-6-8-13-20(18)21/h3,5-8,10-13,21H,1,4,9,14-16H2,2H3,(H,26,27)/t24-/m1/s1. The van der Waals surface area contributed by atoms with E-state index in [0.717, 1.165) is 17.5 Å². The van der Waals surface area contributed by atoms with Gasteiger partial charge in [-0.2, -0.15) is 0 Å². The molecule has 0 radical (unpaired) electrons. The van der Waals surface area contributed by atoms with Gasteiger partial charge in [0.1, 0.15) is 6.61 Å². The Morgan fingerprint density at radius 3 is 2.21 bits per heavy atom. The molecule has 1 aliphatic rings. The Kier molecular flexibility index (Phi) is 5.98. The highest BCUT2D eigenvalue weighted by atomic mass is 16.5. The van der Waals surface area contributed by atoms with E-state index in [9.17, 15) is 14.7 Å². The summed E-state index contributed by atoms with van der Waals surface area (Å²) in [6, 6.07) is 16.3. The quantitative estimate of drug-likeness (QED) is 0.371. The Balaban J connectivity index is 1.69. The van der Waals surface area contributed by atoms with Gasteiger partial charge in [0, 0.05) is 5.92 Å². The Bertz CT molecular complexity index is 840. The van der Waals surface area contributed by atoms with Crippen molar-refractivity contribution in [2.45, 2.75) is 38.5 Å². The summed E-state index contributed by atoms with van der Waals surface area (Å²) in [7, 11) is 0. The van der Waals surface area contributed by atoms with E-state index < -0.39 is 17.4 Å². The summed E-state index contributed by atoms with van der Waals surface area (Å²) in [5.41, 5.74) is 3.50. The number of allylic oxidation sites excluding steroid dienone is 1. The molecule has 1 atom stereocenters. The normalized spacial score (nSPS) is 14.6. The first-order valence-electron chi connectivity index (χ1n) is 9.64. The molecule has 4 heteroatoms. The first-order valence-corrected chi connectivity index (χ1v) is 9.64. The van der Waals surface area contributed by atoms with Crippen molar-refractivity contribution in [2.75, 3.05) is 6.61 Å². The van der Waals surface area contributed by atoms with Crippen molar-refractivity contribution in [3.05, 3.63) is 72.3 Å². The smallest absolute Gasteiger partial charge is 0.309 e. The van der Waals surface area contributed by atoms with Crippen LogP contribution < -0.4 is 0 Å². The maximum Gasteiger partial charge on any atom is 0.309 e. The number of hydrogen-bond donors (Lipinski definition) is 1. The lowest BCUT2D eigenvalue weighted by Gasteiger charge is -2.24. The van der Waals surface area contributed by atoms with E-state index in [4.69, 9.17) is 4.74 Å². The summed E-state index contributed by atoms with van der Waals surface area (Å²) in [4.78, 5) is 24.2. The molecule has 0 aromatic heterocycles. The fraction of sp³-hybridized carbons (Fsp3) is 0.333. The van der Waals surface area contributed by atoms with Gasteiger partial charge in [0.25, 0.3) is 0 Å². The number of carbonyl (C=O) groups is 2. The second-order valence-corrected chi connectivity index (χ2v) is 7.63. The number of esters is 1. The number of carboxylic acid groups (broad SMARTS) is 1. The van der Waals surface area contributed by atoms with E-state index in [0.29, 0.717) is 12.8 Å². The minimum atomic E-state index is -1.12. The van der Waals surface area contributed by atoms with Gasteiger partial charge in [-0.3, -0.25) is 9.59 Å². The van der Waals surface area contributed by atoms with Crippen LogP contribution in [0.2, 0.25) is 0 Å². The molecule has 0 aliphatic heterocycles. The van der Waals surface area contributed by atoms with Crippen LogP contribution in [-0.4, -0.2) is 23.7 Å². The molecule has 2 aromatic rings. The minimum Gasteiger partial charge on any atom is -0.481 e. The maximum absolute atomic E-state index is 12.5. The van der Waals surface area contributed by atoms with Crippen LogP contribution in [0.5, 0.6) is 0 Å². The predicted octanol–water partition coefficient (Wildman–Crippen LogP) is 5.18. The molecular weight excluding hydrogens is 352 g/mol. The molecule has 2 aromatic carbocycles. The van der Waals surface area contributed by atoms with E-state index in [-0.39, 0.29) is 18.9 Å². The monoisotopic (exact) mass is 378 g/mol. The van der Waals surface area contributed by atoms with E-state index in [1.54, 1.807) is 13.0 Å². The van der Waals surface area contributed by atoms with Crippen molar-refractivity contribution >= 4 is 11.9 Å². The van der Waals surface area contributed by atoms with Gasteiger partial charge in [-0.25, -0.2) is 0 Å². The number of benzene rings is 2. The average Bonchev–Trinajstić information content (AvgIpc) is 3.00. The Hall–Kier alpha value is -2.88. The molecule has 1 aliphatic carbocycles. The number of ether oxygens (including phenoxy) is 1.